The van der Waals surface area contributed by atoms with Crippen molar-refractivity contribution < 1.29 is 9.47 Å². The number of rotatable bonds is 4. The summed E-state index contributed by atoms with van der Waals surface area (Å²) in [6.07, 6.45) is 0.926. The smallest absolute Gasteiger partial charge is 0.162 e. The SMILES string of the molecule is Cc1cc(CCN)ccc1Sc1ccc2c(c1)OCCO2. The van der Waals surface area contributed by atoms with Gasteiger partial charge < -0.3 is 15.2 Å². The molecule has 0 saturated carbocycles. The summed E-state index contributed by atoms with van der Waals surface area (Å²) in [5.74, 6) is 1.67. The zero-order chi connectivity index (χ0) is 14.7. The number of fused-ring (bicyclic) bond motifs is 1. The van der Waals surface area contributed by atoms with Crippen molar-refractivity contribution in [2.75, 3.05) is 19.8 Å². The molecule has 1 aliphatic rings. The van der Waals surface area contributed by atoms with Gasteiger partial charge in [0, 0.05) is 9.79 Å². The maximum atomic E-state index is 5.63. The molecule has 2 aromatic carbocycles. The average molecular weight is 301 g/mol. The first-order valence-electron chi connectivity index (χ1n) is 7.13. The normalized spacial score (nSPS) is 13.2. The van der Waals surface area contributed by atoms with Crippen molar-refractivity contribution in [3.8, 4) is 11.5 Å². The van der Waals surface area contributed by atoms with Gasteiger partial charge in [0.15, 0.2) is 11.5 Å². The van der Waals surface area contributed by atoms with Crippen LogP contribution in [0.4, 0.5) is 0 Å². The number of hydrogen-bond acceptors (Lipinski definition) is 4. The number of nitrogens with two attached hydrogens (primary N) is 1. The van der Waals surface area contributed by atoms with Crippen LogP contribution in [-0.4, -0.2) is 19.8 Å². The lowest BCUT2D eigenvalue weighted by atomic mass is 10.1. The number of aryl methyl sites for hydroxylation is 1. The van der Waals surface area contributed by atoms with Crippen LogP contribution in [0, 0.1) is 6.92 Å². The highest BCUT2D eigenvalue weighted by Crippen LogP contribution is 2.37. The van der Waals surface area contributed by atoms with Crippen LogP contribution in [0.15, 0.2) is 46.2 Å². The van der Waals surface area contributed by atoms with E-state index in [1.807, 2.05) is 12.1 Å². The Kier molecular flexibility index (Phi) is 4.36. The maximum absolute atomic E-state index is 5.63. The molecule has 0 amide bonds. The fourth-order valence-electron chi connectivity index (χ4n) is 2.36. The van der Waals surface area contributed by atoms with Crippen molar-refractivity contribution in [3.63, 3.8) is 0 Å². The summed E-state index contributed by atoms with van der Waals surface area (Å²) < 4.78 is 11.2. The van der Waals surface area contributed by atoms with Crippen LogP contribution in [0.3, 0.4) is 0 Å². The predicted molar refractivity (Wildman–Crippen MR) is 85.5 cm³/mol. The lowest BCUT2D eigenvalue weighted by Gasteiger charge is -2.19. The van der Waals surface area contributed by atoms with Gasteiger partial charge in [-0.25, -0.2) is 0 Å². The monoisotopic (exact) mass is 301 g/mol. The maximum Gasteiger partial charge on any atom is 0.162 e. The van der Waals surface area contributed by atoms with E-state index >= 15 is 0 Å². The second kappa shape index (κ2) is 6.41. The summed E-state index contributed by atoms with van der Waals surface area (Å²) in [4.78, 5) is 2.42. The average Bonchev–Trinajstić information content (AvgIpc) is 2.50. The molecule has 4 heteroatoms. The molecule has 21 heavy (non-hydrogen) atoms. The van der Waals surface area contributed by atoms with E-state index < -0.39 is 0 Å². The fourth-order valence-corrected chi connectivity index (χ4v) is 3.27. The molecule has 0 fully saturated rings. The van der Waals surface area contributed by atoms with Gasteiger partial charge in [0.05, 0.1) is 0 Å². The lowest BCUT2D eigenvalue weighted by molar-refractivity contribution is 0.171. The highest BCUT2D eigenvalue weighted by atomic mass is 32.2. The summed E-state index contributed by atoms with van der Waals surface area (Å²) in [7, 11) is 0. The van der Waals surface area contributed by atoms with E-state index in [0.717, 1.165) is 22.8 Å². The molecule has 0 unspecified atom stereocenters. The molecule has 0 bridgehead atoms. The molecular formula is C17H19NO2S. The molecule has 2 N–H and O–H groups in total. The first kappa shape index (κ1) is 14.3. The highest BCUT2D eigenvalue weighted by Gasteiger charge is 2.12. The van der Waals surface area contributed by atoms with E-state index in [-0.39, 0.29) is 0 Å². The molecule has 2 aromatic rings. The van der Waals surface area contributed by atoms with E-state index in [1.165, 1.54) is 16.0 Å². The van der Waals surface area contributed by atoms with Crippen molar-refractivity contribution >= 4 is 11.8 Å². The van der Waals surface area contributed by atoms with Crippen LogP contribution in [0.25, 0.3) is 0 Å². The van der Waals surface area contributed by atoms with Gasteiger partial charge in [-0.3, -0.25) is 0 Å². The van der Waals surface area contributed by atoms with E-state index in [4.69, 9.17) is 15.2 Å². The summed E-state index contributed by atoms with van der Waals surface area (Å²) >= 11 is 1.75. The largest absolute Gasteiger partial charge is 0.486 e. The van der Waals surface area contributed by atoms with Gasteiger partial charge in [-0.1, -0.05) is 23.9 Å². The number of ether oxygens (including phenoxy) is 2. The van der Waals surface area contributed by atoms with Gasteiger partial charge in [-0.2, -0.15) is 0 Å². The fraction of sp³-hybridized carbons (Fsp3) is 0.294. The van der Waals surface area contributed by atoms with E-state index in [9.17, 15) is 0 Å². The van der Waals surface area contributed by atoms with Crippen molar-refractivity contribution in [2.45, 2.75) is 23.1 Å². The molecule has 0 saturated heterocycles. The first-order valence-corrected chi connectivity index (χ1v) is 7.95. The van der Waals surface area contributed by atoms with Crippen molar-refractivity contribution in [3.05, 3.63) is 47.5 Å². The minimum Gasteiger partial charge on any atom is -0.486 e. The molecule has 110 valence electrons. The van der Waals surface area contributed by atoms with E-state index in [0.29, 0.717) is 19.8 Å². The third-order valence-corrected chi connectivity index (χ3v) is 4.58. The van der Waals surface area contributed by atoms with Crippen LogP contribution in [0.1, 0.15) is 11.1 Å². The highest BCUT2D eigenvalue weighted by molar-refractivity contribution is 7.99. The van der Waals surface area contributed by atoms with Gasteiger partial charge in [-0.15, -0.1) is 0 Å². The Hall–Kier alpha value is -1.65. The summed E-state index contributed by atoms with van der Waals surface area (Å²) in [5, 5.41) is 0. The quantitative estimate of drug-likeness (QED) is 0.940. The van der Waals surface area contributed by atoms with Crippen LogP contribution >= 0.6 is 11.8 Å². The molecule has 0 aromatic heterocycles. The zero-order valence-electron chi connectivity index (χ0n) is 12.1. The molecule has 0 radical (unpaired) electrons. The van der Waals surface area contributed by atoms with Gasteiger partial charge in [0.25, 0.3) is 0 Å². The summed E-state index contributed by atoms with van der Waals surface area (Å²) in [6, 6.07) is 12.6. The molecule has 3 rings (SSSR count). The molecule has 1 aliphatic heterocycles. The third kappa shape index (κ3) is 3.34. The Labute approximate surface area is 129 Å². The van der Waals surface area contributed by atoms with Gasteiger partial charge >= 0.3 is 0 Å². The van der Waals surface area contributed by atoms with E-state index in [2.05, 4.69) is 31.2 Å². The molecule has 3 nitrogen and oxygen atoms in total. The lowest BCUT2D eigenvalue weighted by Crippen LogP contribution is -2.15. The zero-order valence-corrected chi connectivity index (χ0v) is 12.9. The van der Waals surface area contributed by atoms with Crippen molar-refractivity contribution in [2.24, 2.45) is 5.73 Å². The number of benzene rings is 2. The topological polar surface area (TPSA) is 44.5 Å². The Bertz CT molecular complexity index is 643. The van der Waals surface area contributed by atoms with E-state index in [1.54, 1.807) is 11.8 Å². The second-order valence-electron chi connectivity index (χ2n) is 5.05. The van der Waals surface area contributed by atoms with Gasteiger partial charge in [0.2, 0.25) is 0 Å². The summed E-state index contributed by atoms with van der Waals surface area (Å²) in [6.45, 7) is 4.07. The van der Waals surface area contributed by atoms with Crippen molar-refractivity contribution in [1.82, 2.24) is 0 Å². The Morgan fingerprint density at radius 2 is 1.86 bits per heavy atom. The molecular weight excluding hydrogens is 282 g/mol. The predicted octanol–water partition coefficient (Wildman–Crippen LogP) is 3.42. The minimum atomic E-state index is 0.619. The molecule has 0 atom stereocenters. The molecule has 0 aliphatic carbocycles. The van der Waals surface area contributed by atoms with Crippen LogP contribution < -0.4 is 15.2 Å². The Morgan fingerprint density at radius 3 is 2.62 bits per heavy atom. The Morgan fingerprint density at radius 1 is 1.05 bits per heavy atom. The molecule has 0 spiro atoms. The standard InChI is InChI=1S/C17H19NO2S/c1-12-10-13(6-7-18)2-5-17(12)21-14-3-4-15-16(11-14)20-9-8-19-15/h2-5,10-11H,6-9,18H2,1H3. The third-order valence-electron chi connectivity index (χ3n) is 3.41. The minimum absolute atomic E-state index is 0.619. The van der Waals surface area contributed by atoms with Gasteiger partial charge in [-0.05, 0) is 55.3 Å². The van der Waals surface area contributed by atoms with Crippen molar-refractivity contribution in [1.29, 1.82) is 0 Å². The van der Waals surface area contributed by atoms with Crippen LogP contribution in [0.5, 0.6) is 11.5 Å². The molecule has 1 heterocycles. The van der Waals surface area contributed by atoms with Crippen LogP contribution in [-0.2, 0) is 6.42 Å². The Balaban J connectivity index is 1.80. The number of hydrogen-bond donors (Lipinski definition) is 1. The van der Waals surface area contributed by atoms with Gasteiger partial charge in [0.1, 0.15) is 13.2 Å². The first-order chi connectivity index (χ1) is 10.3. The van der Waals surface area contributed by atoms with Crippen LogP contribution in [0.2, 0.25) is 0 Å². The second-order valence-corrected chi connectivity index (χ2v) is 6.16. The summed E-state index contributed by atoms with van der Waals surface area (Å²) in [5.41, 5.74) is 8.18.